The maximum atomic E-state index is 11.5. The van der Waals surface area contributed by atoms with Gasteiger partial charge in [0.2, 0.25) is 0 Å². The largest absolute Gasteiger partial charge is 0.469 e. The molecular formula is C14H24O2. The van der Waals surface area contributed by atoms with Gasteiger partial charge in [0.1, 0.15) is 0 Å². The number of methoxy groups -OCH3 is 1. The Morgan fingerprint density at radius 2 is 1.50 bits per heavy atom. The molecule has 2 bridgehead atoms. The van der Waals surface area contributed by atoms with E-state index < -0.39 is 0 Å². The monoisotopic (exact) mass is 224 g/mol. The zero-order chi connectivity index (χ0) is 11.7. The van der Waals surface area contributed by atoms with Gasteiger partial charge in [-0.25, -0.2) is 0 Å². The molecule has 16 heavy (non-hydrogen) atoms. The molecule has 4 atom stereocenters. The minimum Gasteiger partial charge on any atom is -0.469 e. The predicted octanol–water partition coefficient (Wildman–Crippen LogP) is 3.26. The first-order valence-electron chi connectivity index (χ1n) is 6.87. The number of fused-ring (bicyclic) bond motifs is 5. The number of carbonyl (C=O) groups is 1. The molecule has 0 aliphatic heterocycles. The second-order valence-corrected chi connectivity index (χ2v) is 5.35. The van der Waals surface area contributed by atoms with E-state index in [-0.39, 0.29) is 11.9 Å². The molecule has 0 N–H and O–H groups in total. The molecule has 3 aliphatic carbocycles. The maximum absolute atomic E-state index is 11.5. The molecule has 0 aromatic rings. The van der Waals surface area contributed by atoms with Crippen LogP contribution in [-0.2, 0) is 9.53 Å². The van der Waals surface area contributed by atoms with E-state index in [4.69, 9.17) is 4.74 Å². The van der Waals surface area contributed by atoms with Crippen LogP contribution in [0.4, 0.5) is 0 Å². The molecule has 3 fully saturated rings. The van der Waals surface area contributed by atoms with Crippen LogP contribution in [0, 0.1) is 29.6 Å². The third kappa shape index (κ3) is 1.76. The smallest absolute Gasteiger partial charge is 0.308 e. The van der Waals surface area contributed by atoms with E-state index in [1.807, 2.05) is 13.8 Å². The van der Waals surface area contributed by atoms with Crippen LogP contribution in [0.2, 0.25) is 0 Å². The Morgan fingerprint density at radius 3 is 1.94 bits per heavy atom. The van der Waals surface area contributed by atoms with E-state index in [9.17, 15) is 4.79 Å². The fourth-order valence-corrected chi connectivity index (χ4v) is 4.38. The standard InChI is InChI=1S/C12H18O2.C2H6/c1-14-12(13)9-5-10-7-2-3-8(4-7)11(10)6-9;1-2/h7-11H,2-6H2,1H3;1-2H3. The summed E-state index contributed by atoms with van der Waals surface area (Å²) >= 11 is 0. The predicted molar refractivity (Wildman–Crippen MR) is 63.9 cm³/mol. The van der Waals surface area contributed by atoms with E-state index in [0.29, 0.717) is 0 Å². The summed E-state index contributed by atoms with van der Waals surface area (Å²) in [6.45, 7) is 4.00. The van der Waals surface area contributed by atoms with Gasteiger partial charge in [0, 0.05) is 0 Å². The van der Waals surface area contributed by atoms with E-state index in [2.05, 4.69) is 0 Å². The first-order valence-corrected chi connectivity index (χ1v) is 6.87. The molecule has 0 aromatic carbocycles. The third-order valence-corrected chi connectivity index (χ3v) is 4.92. The second-order valence-electron chi connectivity index (χ2n) is 5.35. The van der Waals surface area contributed by atoms with Crippen molar-refractivity contribution >= 4 is 5.97 Å². The number of carbonyl (C=O) groups excluding carboxylic acids is 1. The number of hydrogen-bond donors (Lipinski definition) is 0. The lowest BCUT2D eigenvalue weighted by atomic mass is 9.82. The summed E-state index contributed by atoms with van der Waals surface area (Å²) in [5.74, 6) is 3.94. The molecule has 2 heteroatoms. The molecule has 0 saturated heterocycles. The van der Waals surface area contributed by atoms with Crippen molar-refractivity contribution in [3.63, 3.8) is 0 Å². The van der Waals surface area contributed by atoms with Gasteiger partial charge in [-0.3, -0.25) is 4.79 Å². The molecule has 2 nitrogen and oxygen atoms in total. The van der Waals surface area contributed by atoms with Crippen LogP contribution in [0.25, 0.3) is 0 Å². The number of rotatable bonds is 1. The molecule has 4 unspecified atom stereocenters. The summed E-state index contributed by atoms with van der Waals surface area (Å²) in [7, 11) is 1.52. The van der Waals surface area contributed by atoms with Gasteiger partial charge >= 0.3 is 5.97 Å². The zero-order valence-corrected chi connectivity index (χ0v) is 10.7. The van der Waals surface area contributed by atoms with Crippen molar-refractivity contribution in [3.05, 3.63) is 0 Å². The summed E-state index contributed by atoms with van der Waals surface area (Å²) in [6, 6.07) is 0. The quantitative estimate of drug-likeness (QED) is 0.639. The lowest BCUT2D eigenvalue weighted by Gasteiger charge is -2.23. The Kier molecular flexibility index (Phi) is 3.56. The maximum Gasteiger partial charge on any atom is 0.308 e. The average Bonchev–Trinajstić information content (AvgIpc) is 3.01. The minimum atomic E-state index is 0.0406. The highest BCUT2D eigenvalue weighted by molar-refractivity contribution is 5.72. The molecule has 0 radical (unpaired) electrons. The van der Waals surface area contributed by atoms with Crippen molar-refractivity contribution in [1.29, 1.82) is 0 Å². The Balaban J connectivity index is 0.000000457. The van der Waals surface area contributed by atoms with Crippen molar-refractivity contribution < 1.29 is 9.53 Å². The van der Waals surface area contributed by atoms with Crippen LogP contribution in [0.5, 0.6) is 0 Å². The molecular weight excluding hydrogens is 200 g/mol. The first-order chi connectivity index (χ1) is 7.79. The van der Waals surface area contributed by atoms with Gasteiger partial charge in [-0.05, 0) is 55.8 Å². The summed E-state index contributed by atoms with van der Waals surface area (Å²) < 4.78 is 4.85. The minimum absolute atomic E-state index is 0.0406. The van der Waals surface area contributed by atoms with Crippen LogP contribution in [-0.4, -0.2) is 13.1 Å². The summed E-state index contributed by atoms with van der Waals surface area (Å²) in [5, 5.41) is 0. The highest BCUT2D eigenvalue weighted by Gasteiger charge is 2.53. The van der Waals surface area contributed by atoms with Gasteiger partial charge in [-0.1, -0.05) is 13.8 Å². The van der Waals surface area contributed by atoms with Gasteiger partial charge < -0.3 is 4.74 Å². The Labute approximate surface area is 98.7 Å². The first kappa shape index (κ1) is 11.9. The summed E-state index contributed by atoms with van der Waals surface area (Å²) in [4.78, 5) is 11.5. The topological polar surface area (TPSA) is 26.3 Å². The molecule has 0 spiro atoms. The molecule has 3 aliphatic rings. The van der Waals surface area contributed by atoms with E-state index in [1.165, 1.54) is 26.4 Å². The van der Waals surface area contributed by atoms with E-state index >= 15 is 0 Å². The van der Waals surface area contributed by atoms with Gasteiger partial charge in [0.15, 0.2) is 0 Å². The normalized spacial score (nSPS) is 43.6. The van der Waals surface area contributed by atoms with Gasteiger partial charge in [0.25, 0.3) is 0 Å². The van der Waals surface area contributed by atoms with Crippen LogP contribution < -0.4 is 0 Å². The van der Waals surface area contributed by atoms with Crippen LogP contribution >= 0.6 is 0 Å². The third-order valence-electron chi connectivity index (χ3n) is 4.92. The van der Waals surface area contributed by atoms with Gasteiger partial charge in [0.05, 0.1) is 13.0 Å². The lowest BCUT2D eigenvalue weighted by Crippen LogP contribution is -2.15. The zero-order valence-electron chi connectivity index (χ0n) is 10.7. The van der Waals surface area contributed by atoms with Crippen molar-refractivity contribution in [2.24, 2.45) is 29.6 Å². The average molecular weight is 224 g/mol. The number of esters is 1. The number of hydrogen-bond acceptors (Lipinski definition) is 2. The van der Waals surface area contributed by atoms with Gasteiger partial charge in [-0.2, -0.15) is 0 Å². The molecule has 92 valence electrons. The van der Waals surface area contributed by atoms with Gasteiger partial charge in [-0.15, -0.1) is 0 Å². The fraction of sp³-hybridized carbons (Fsp3) is 0.929. The summed E-state index contributed by atoms with van der Waals surface area (Å²) in [6.07, 6.45) is 6.57. The molecule has 0 heterocycles. The SMILES string of the molecule is CC.COC(=O)C1CC2C3CCC(C3)C2C1. The Hall–Kier alpha value is -0.530. The highest BCUT2D eigenvalue weighted by Crippen LogP contribution is 2.60. The van der Waals surface area contributed by atoms with Crippen molar-refractivity contribution in [2.75, 3.05) is 7.11 Å². The van der Waals surface area contributed by atoms with Crippen LogP contribution in [0.15, 0.2) is 0 Å². The molecule has 3 rings (SSSR count). The fourth-order valence-electron chi connectivity index (χ4n) is 4.38. The van der Waals surface area contributed by atoms with Crippen molar-refractivity contribution in [2.45, 2.75) is 46.0 Å². The molecule has 3 saturated carbocycles. The Bertz CT molecular complexity index is 243. The van der Waals surface area contributed by atoms with Crippen molar-refractivity contribution in [1.82, 2.24) is 0 Å². The Morgan fingerprint density at radius 1 is 1.00 bits per heavy atom. The number of ether oxygens (including phenoxy) is 1. The van der Waals surface area contributed by atoms with Crippen LogP contribution in [0.1, 0.15) is 46.0 Å². The lowest BCUT2D eigenvalue weighted by molar-refractivity contribution is -0.145. The highest BCUT2D eigenvalue weighted by atomic mass is 16.5. The van der Waals surface area contributed by atoms with Crippen LogP contribution in [0.3, 0.4) is 0 Å². The second kappa shape index (κ2) is 4.77. The summed E-state index contributed by atoms with van der Waals surface area (Å²) in [5.41, 5.74) is 0. The molecule has 0 amide bonds. The van der Waals surface area contributed by atoms with E-state index in [0.717, 1.165) is 36.5 Å². The molecule has 0 aromatic heterocycles. The van der Waals surface area contributed by atoms with E-state index in [1.54, 1.807) is 0 Å². The van der Waals surface area contributed by atoms with Crippen molar-refractivity contribution in [3.8, 4) is 0 Å².